The van der Waals surface area contributed by atoms with Gasteiger partial charge in [-0.25, -0.2) is 4.98 Å². The Morgan fingerprint density at radius 1 is 1.40 bits per heavy atom. The zero-order valence-electron chi connectivity index (χ0n) is 12.1. The Labute approximate surface area is 124 Å². The van der Waals surface area contributed by atoms with Gasteiger partial charge in [-0.2, -0.15) is 0 Å². The first-order valence-corrected chi connectivity index (χ1v) is 8.18. The number of aromatic nitrogens is 1. The molecule has 0 atom stereocenters. The van der Waals surface area contributed by atoms with Gasteiger partial charge in [0.15, 0.2) is 5.13 Å². The molecule has 0 fully saturated rings. The minimum Gasteiger partial charge on any atom is -0.318 e. The number of nitrogens with zero attached hydrogens (tertiary/aromatic N) is 2. The van der Waals surface area contributed by atoms with Crippen LogP contribution in [0.3, 0.4) is 0 Å². The molecular weight excluding hydrogens is 266 g/mol. The number of hydrogen-bond acceptors (Lipinski definition) is 4. The lowest BCUT2D eigenvalue weighted by Gasteiger charge is -2.29. The Bertz CT molecular complexity index is 591. The normalized spacial score (nSPS) is 14.4. The van der Waals surface area contributed by atoms with Crippen LogP contribution in [0.15, 0.2) is 23.6 Å². The van der Waals surface area contributed by atoms with Crippen molar-refractivity contribution in [2.24, 2.45) is 0 Å². The summed E-state index contributed by atoms with van der Waals surface area (Å²) >= 11 is 1.75. The van der Waals surface area contributed by atoms with Gasteiger partial charge in [0.2, 0.25) is 0 Å². The Kier molecular flexibility index (Phi) is 4.03. The van der Waals surface area contributed by atoms with Crippen molar-refractivity contribution in [2.45, 2.75) is 33.2 Å². The van der Waals surface area contributed by atoms with E-state index in [4.69, 9.17) is 4.98 Å². The number of fused-ring (bicyclic) bond motifs is 1. The van der Waals surface area contributed by atoms with E-state index in [1.165, 1.54) is 29.7 Å². The maximum Gasteiger partial charge on any atom is 0.190 e. The molecule has 1 aliphatic heterocycles. The summed E-state index contributed by atoms with van der Waals surface area (Å²) in [5.74, 6) is 0. The summed E-state index contributed by atoms with van der Waals surface area (Å²) in [4.78, 5) is 7.15. The lowest BCUT2D eigenvalue weighted by Crippen LogP contribution is -2.24. The summed E-state index contributed by atoms with van der Waals surface area (Å²) in [6.07, 6.45) is 2.39. The molecule has 0 saturated heterocycles. The number of rotatable bonds is 4. The van der Waals surface area contributed by atoms with E-state index < -0.39 is 0 Å². The summed E-state index contributed by atoms with van der Waals surface area (Å²) in [7, 11) is 0. The van der Waals surface area contributed by atoms with Crippen LogP contribution in [-0.2, 0) is 13.0 Å². The van der Waals surface area contributed by atoms with Crippen LogP contribution in [-0.4, -0.2) is 18.1 Å². The highest BCUT2D eigenvalue weighted by Gasteiger charge is 2.20. The van der Waals surface area contributed by atoms with Crippen LogP contribution in [0.5, 0.6) is 0 Å². The standard InChI is InChI=1S/C16H21N3S/c1-3-17-10-14-11-20-16(18-14)19-8-4-5-13-9-12(2)6-7-15(13)19/h6-7,9,11,17H,3-5,8,10H2,1-2H3. The summed E-state index contributed by atoms with van der Waals surface area (Å²) in [5, 5.41) is 6.63. The van der Waals surface area contributed by atoms with Crippen LogP contribution < -0.4 is 10.2 Å². The summed E-state index contributed by atoms with van der Waals surface area (Å²) < 4.78 is 0. The molecule has 1 aromatic heterocycles. The molecule has 1 aromatic carbocycles. The maximum absolute atomic E-state index is 4.77. The molecule has 0 spiro atoms. The van der Waals surface area contributed by atoms with Crippen molar-refractivity contribution < 1.29 is 0 Å². The number of aryl methyl sites for hydroxylation is 2. The summed E-state index contributed by atoms with van der Waals surface area (Å²) in [6, 6.07) is 6.76. The van der Waals surface area contributed by atoms with Crippen LogP contribution in [0.2, 0.25) is 0 Å². The van der Waals surface area contributed by atoms with Gasteiger partial charge in [0.1, 0.15) is 0 Å². The number of benzene rings is 1. The highest BCUT2D eigenvalue weighted by Crippen LogP contribution is 2.35. The molecule has 20 heavy (non-hydrogen) atoms. The van der Waals surface area contributed by atoms with E-state index in [1.54, 1.807) is 11.3 Å². The van der Waals surface area contributed by atoms with Crippen LogP contribution in [0.4, 0.5) is 10.8 Å². The van der Waals surface area contributed by atoms with E-state index in [2.05, 4.69) is 47.6 Å². The number of nitrogens with one attached hydrogen (secondary N) is 1. The van der Waals surface area contributed by atoms with Gasteiger partial charge in [0.05, 0.1) is 5.69 Å². The van der Waals surface area contributed by atoms with Crippen molar-refractivity contribution in [2.75, 3.05) is 18.0 Å². The lowest BCUT2D eigenvalue weighted by molar-refractivity contribution is 0.711. The second-order valence-electron chi connectivity index (χ2n) is 5.29. The van der Waals surface area contributed by atoms with E-state index in [1.807, 2.05) is 0 Å². The molecule has 4 heteroatoms. The highest BCUT2D eigenvalue weighted by molar-refractivity contribution is 7.13. The number of hydrogen-bond donors (Lipinski definition) is 1. The van der Waals surface area contributed by atoms with Crippen molar-refractivity contribution in [1.82, 2.24) is 10.3 Å². The molecular formula is C16H21N3S. The quantitative estimate of drug-likeness (QED) is 0.930. The van der Waals surface area contributed by atoms with Gasteiger partial charge in [-0.1, -0.05) is 24.6 Å². The van der Waals surface area contributed by atoms with Gasteiger partial charge in [-0.3, -0.25) is 0 Å². The molecule has 106 valence electrons. The van der Waals surface area contributed by atoms with Gasteiger partial charge in [-0.05, 0) is 37.9 Å². The average molecular weight is 287 g/mol. The zero-order valence-corrected chi connectivity index (χ0v) is 13.0. The monoisotopic (exact) mass is 287 g/mol. The molecule has 2 heterocycles. The predicted molar refractivity (Wildman–Crippen MR) is 86.0 cm³/mol. The van der Waals surface area contributed by atoms with Gasteiger partial charge in [-0.15, -0.1) is 11.3 Å². The Morgan fingerprint density at radius 3 is 3.15 bits per heavy atom. The highest BCUT2D eigenvalue weighted by atomic mass is 32.1. The first-order chi connectivity index (χ1) is 9.78. The third-order valence-electron chi connectivity index (χ3n) is 3.68. The minimum atomic E-state index is 0.863. The summed E-state index contributed by atoms with van der Waals surface area (Å²) in [5.41, 5.74) is 5.29. The van der Waals surface area contributed by atoms with Crippen molar-refractivity contribution in [3.8, 4) is 0 Å². The van der Waals surface area contributed by atoms with Gasteiger partial charge >= 0.3 is 0 Å². The molecule has 1 N–H and O–H groups in total. The van der Waals surface area contributed by atoms with Crippen molar-refractivity contribution in [3.63, 3.8) is 0 Å². The van der Waals surface area contributed by atoms with Gasteiger partial charge < -0.3 is 10.2 Å². The van der Waals surface area contributed by atoms with E-state index >= 15 is 0 Å². The SMILES string of the molecule is CCNCc1csc(N2CCCc3cc(C)ccc32)n1. The van der Waals surface area contributed by atoms with Gasteiger partial charge in [0.25, 0.3) is 0 Å². The van der Waals surface area contributed by atoms with Crippen molar-refractivity contribution >= 4 is 22.2 Å². The van der Waals surface area contributed by atoms with E-state index in [9.17, 15) is 0 Å². The molecule has 0 radical (unpaired) electrons. The molecule has 0 bridgehead atoms. The third-order valence-corrected chi connectivity index (χ3v) is 4.59. The summed E-state index contributed by atoms with van der Waals surface area (Å²) in [6.45, 7) is 7.21. The largest absolute Gasteiger partial charge is 0.318 e. The fourth-order valence-corrected chi connectivity index (χ4v) is 3.54. The topological polar surface area (TPSA) is 28.2 Å². The maximum atomic E-state index is 4.77. The smallest absolute Gasteiger partial charge is 0.190 e. The fraction of sp³-hybridized carbons (Fsp3) is 0.438. The Balaban J connectivity index is 1.86. The molecule has 3 nitrogen and oxygen atoms in total. The first kappa shape index (κ1) is 13.6. The van der Waals surface area contributed by atoms with Crippen LogP contribution in [0, 0.1) is 6.92 Å². The molecule has 0 saturated carbocycles. The van der Waals surface area contributed by atoms with Crippen LogP contribution >= 0.6 is 11.3 Å². The molecule has 3 rings (SSSR count). The van der Waals surface area contributed by atoms with E-state index in [0.717, 1.165) is 30.5 Å². The average Bonchev–Trinajstić information content (AvgIpc) is 2.92. The number of thiazole rings is 1. The molecule has 0 aliphatic carbocycles. The lowest BCUT2D eigenvalue weighted by atomic mass is 10.00. The van der Waals surface area contributed by atoms with Crippen LogP contribution in [0.25, 0.3) is 0 Å². The molecule has 1 aliphatic rings. The Morgan fingerprint density at radius 2 is 2.30 bits per heavy atom. The molecule has 0 amide bonds. The zero-order chi connectivity index (χ0) is 13.9. The van der Waals surface area contributed by atoms with E-state index in [-0.39, 0.29) is 0 Å². The predicted octanol–water partition coefficient (Wildman–Crippen LogP) is 3.65. The van der Waals surface area contributed by atoms with Gasteiger partial charge in [0, 0.05) is 24.2 Å². The molecule has 2 aromatic rings. The Hall–Kier alpha value is -1.39. The molecule has 0 unspecified atom stereocenters. The van der Waals surface area contributed by atoms with E-state index in [0.29, 0.717) is 0 Å². The fourth-order valence-electron chi connectivity index (χ4n) is 2.68. The van der Waals surface area contributed by atoms with Crippen molar-refractivity contribution in [1.29, 1.82) is 0 Å². The minimum absolute atomic E-state index is 0.863. The number of anilines is 2. The van der Waals surface area contributed by atoms with Crippen molar-refractivity contribution in [3.05, 3.63) is 40.4 Å². The second kappa shape index (κ2) is 5.94. The second-order valence-corrected chi connectivity index (χ2v) is 6.13. The third kappa shape index (κ3) is 2.72. The van der Waals surface area contributed by atoms with Crippen LogP contribution in [0.1, 0.15) is 30.2 Å². The first-order valence-electron chi connectivity index (χ1n) is 7.30.